The fraction of sp³-hybridized carbons (Fsp3) is 0.625. The standard InChI is InChI=1S/C16H23NO/c1-17-16(12-6-2-3-7-12)14-10-11-18-15-9-5-4-8-13(14)15/h4-5,8-9,12,14,16-17H,2-3,6-7,10-11H2,1H3. The second-order valence-corrected chi connectivity index (χ2v) is 5.64. The van der Waals surface area contributed by atoms with Crippen molar-refractivity contribution >= 4 is 0 Å². The van der Waals surface area contributed by atoms with E-state index in [4.69, 9.17) is 4.74 Å². The van der Waals surface area contributed by atoms with Crippen molar-refractivity contribution in [3.63, 3.8) is 0 Å². The monoisotopic (exact) mass is 245 g/mol. The summed E-state index contributed by atoms with van der Waals surface area (Å²) in [6.07, 6.45) is 6.76. The van der Waals surface area contributed by atoms with E-state index in [1.165, 1.54) is 31.2 Å². The van der Waals surface area contributed by atoms with Crippen molar-refractivity contribution in [2.75, 3.05) is 13.7 Å². The van der Waals surface area contributed by atoms with Crippen molar-refractivity contribution in [1.29, 1.82) is 0 Å². The summed E-state index contributed by atoms with van der Waals surface area (Å²) in [7, 11) is 2.13. The zero-order valence-corrected chi connectivity index (χ0v) is 11.2. The van der Waals surface area contributed by atoms with Crippen LogP contribution in [-0.4, -0.2) is 19.7 Å². The Bertz CT molecular complexity index is 398. The molecular weight excluding hydrogens is 222 g/mol. The topological polar surface area (TPSA) is 21.3 Å². The third kappa shape index (κ3) is 2.14. The summed E-state index contributed by atoms with van der Waals surface area (Å²) in [6, 6.07) is 9.20. The molecule has 98 valence electrons. The third-order valence-electron chi connectivity index (χ3n) is 4.68. The summed E-state index contributed by atoms with van der Waals surface area (Å²) in [5, 5.41) is 3.60. The van der Waals surface area contributed by atoms with Crippen molar-refractivity contribution in [3.05, 3.63) is 29.8 Å². The van der Waals surface area contributed by atoms with E-state index in [1.807, 2.05) is 0 Å². The van der Waals surface area contributed by atoms with Gasteiger partial charge in [0.05, 0.1) is 6.61 Å². The van der Waals surface area contributed by atoms with E-state index in [1.54, 1.807) is 0 Å². The lowest BCUT2D eigenvalue weighted by Crippen LogP contribution is -2.40. The first-order valence-electron chi connectivity index (χ1n) is 7.29. The van der Waals surface area contributed by atoms with E-state index < -0.39 is 0 Å². The van der Waals surface area contributed by atoms with Gasteiger partial charge in [-0.3, -0.25) is 0 Å². The molecule has 1 fully saturated rings. The summed E-state index contributed by atoms with van der Waals surface area (Å²) in [5.74, 6) is 2.58. The molecule has 1 aliphatic heterocycles. The Kier molecular flexibility index (Phi) is 3.55. The molecule has 0 radical (unpaired) electrons. The van der Waals surface area contributed by atoms with Crippen LogP contribution in [0.2, 0.25) is 0 Å². The molecule has 0 spiro atoms. The van der Waals surface area contributed by atoms with E-state index in [0.29, 0.717) is 12.0 Å². The largest absolute Gasteiger partial charge is 0.493 e. The molecule has 2 nitrogen and oxygen atoms in total. The highest BCUT2D eigenvalue weighted by Crippen LogP contribution is 2.41. The molecule has 0 bridgehead atoms. The SMILES string of the molecule is CNC(C1CCCC1)C1CCOc2ccccc21. The number of hydrogen-bond donors (Lipinski definition) is 1. The van der Waals surface area contributed by atoms with Gasteiger partial charge in [-0.15, -0.1) is 0 Å². The lowest BCUT2D eigenvalue weighted by molar-refractivity contribution is 0.223. The van der Waals surface area contributed by atoms with Gasteiger partial charge in [-0.05, 0) is 43.9 Å². The van der Waals surface area contributed by atoms with Crippen LogP contribution in [0.3, 0.4) is 0 Å². The van der Waals surface area contributed by atoms with Gasteiger partial charge in [0, 0.05) is 12.0 Å². The maximum atomic E-state index is 5.78. The lowest BCUT2D eigenvalue weighted by Gasteiger charge is -2.35. The molecule has 0 amide bonds. The Morgan fingerprint density at radius 1 is 1.17 bits per heavy atom. The Balaban J connectivity index is 1.87. The lowest BCUT2D eigenvalue weighted by atomic mass is 9.79. The molecule has 1 heterocycles. The number of benzene rings is 1. The van der Waals surface area contributed by atoms with Crippen molar-refractivity contribution < 1.29 is 4.74 Å². The molecular formula is C16H23NO. The molecule has 1 saturated carbocycles. The predicted octanol–water partition coefficient (Wildman–Crippen LogP) is 3.33. The molecule has 2 unspecified atom stereocenters. The number of fused-ring (bicyclic) bond motifs is 1. The predicted molar refractivity (Wildman–Crippen MR) is 74.1 cm³/mol. The van der Waals surface area contributed by atoms with E-state index in [0.717, 1.165) is 24.7 Å². The zero-order valence-electron chi connectivity index (χ0n) is 11.2. The van der Waals surface area contributed by atoms with Crippen LogP contribution >= 0.6 is 0 Å². The van der Waals surface area contributed by atoms with Crippen LogP contribution in [0.25, 0.3) is 0 Å². The highest BCUT2D eigenvalue weighted by molar-refractivity contribution is 5.38. The molecule has 0 saturated heterocycles. The highest BCUT2D eigenvalue weighted by atomic mass is 16.5. The fourth-order valence-electron chi connectivity index (χ4n) is 3.82. The summed E-state index contributed by atoms with van der Waals surface area (Å²) in [6.45, 7) is 0.868. The van der Waals surface area contributed by atoms with E-state index in [2.05, 4.69) is 36.6 Å². The molecule has 1 N–H and O–H groups in total. The number of para-hydroxylation sites is 1. The summed E-state index contributed by atoms with van der Waals surface area (Å²) in [5.41, 5.74) is 1.41. The Morgan fingerprint density at radius 3 is 2.72 bits per heavy atom. The minimum Gasteiger partial charge on any atom is -0.493 e. The normalized spacial score (nSPS) is 25.5. The fourth-order valence-corrected chi connectivity index (χ4v) is 3.82. The molecule has 2 heteroatoms. The van der Waals surface area contributed by atoms with Crippen LogP contribution in [0.15, 0.2) is 24.3 Å². The number of likely N-dealkylation sites (N-methyl/N-ethyl adjacent to an activating group) is 1. The molecule has 1 aromatic rings. The summed E-state index contributed by atoms with van der Waals surface area (Å²) in [4.78, 5) is 0. The van der Waals surface area contributed by atoms with Gasteiger partial charge < -0.3 is 10.1 Å². The Morgan fingerprint density at radius 2 is 1.94 bits per heavy atom. The molecule has 3 rings (SSSR count). The van der Waals surface area contributed by atoms with Gasteiger partial charge in [0.1, 0.15) is 5.75 Å². The smallest absolute Gasteiger partial charge is 0.122 e. The molecule has 2 atom stereocenters. The van der Waals surface area contributed by atoms with Gasteiger partial charge in [0.15, 0.2) is 0 Å². The van der Waals surface area contributed by atoms with Gasteiger partial charge in [-0.2, -0.15) is 0 Å². The molecule has 0 aromatic heterocycles. The van der Waals surface area contributed by atoms with Crippen molar-refractivity contribution in [1.82, 2.24) is 5.32 Å². The summed E-state index contributed by atoms with van der Waals surface area (Å²) < 4.78 is 5.78. The van der Waals surface area contributed by atoms with Crippen LogP contribution in [0.1, 0.15) is 43.6 Å². The quantitative estimate of drug-likeness (QED) is 0.882. The second-order valence-electron chi connectivity index (χ2n) is 5.64. The average Bonchev–Trinajstić information content (AvgIpc) is 2.94. The minimum absolute atomic E-state index is 0.623. The number of nitrogens with one attached hydrogen (secondary N) is 1. The Labute approximate surface area is 110 Å². The van der Waals surface area contributed by atoms with Gasteiger partial charge >= 0.3 is 0 Å². The van der Waals surface area contributed by atoms with Crippen LogP contribution in [-0.2, 0) is 0 Å². The second kappa shape index (κ2) is 5.31. The van der Waals surface area contributed by atoms with E-state index >= 15 is 0 Å². The number of hydrogen-bond acceptors (Lipinski definition) is 2. The number of rotatable bonds is 3. The highest BCUT2D eigenvalue weighted by Gasteiger charge is 2.34. The third-order valence-corrected chi connectivity index (χ3v) is 4.68. The van der Waals surface area contributed by atoms with E-state index in [-0.39, 0.29) is 0 Å². The van der Waals surface area contributed by atoms with Crippen molar-refractivity contribution in [2.45, 2.75) is 44.1 Å². The van der Waals surface area contributed by atoms with E-state index in [9.17, 15) is 0 Å². The first-order valence-corrected chi connectivity index (χ1v) is 7.29. The molecule has 1 aliphatic carbocycles. The van der Waals surface area contributed by atoms with Crippen molar-refractivity contribution in [3.8, 4) is 5.75 Å². The first-order chi connectivity index (χ1) is 8.90. The zero-order chi connectivity index (χ0) is 12.4. The Hall–Kier alpha value is -1.02. The summed E-state index contributed by atoms with van der Waals surface area (Å²) >= 11 is 0. The van der Waals surface area contributed by atoms with Crippen LogP contribution < -0.4 is 10.1 Å². The molecule has 2 aliphatic rings. The van der Waals surface area contributed by atoms with Gasteiger partial charge in [-0.25, -0.2) is 0 Å². The maximum absolute atomic E-state index is 5.78. The molecule has 1 aromatic carbocycles. The average molecular weight is 245 g/mol. The van der Waals surface area contributed by atoms with Gasteiger partial charge in [0.2, 0.25) is 0 Å². The molecule has 18 heavy (non-hydrogen) atoms. The van der Waals surface area contributed by atoms with Crippen molar-refractivity contribution in [2.24, 2.45) is 5.92 Å². The van der Waals surface area contributed by atoms with Crippen LogP contribution in [0, 0.1) is 5.92 Å². The first kappa shape index (κ1) is 12.0. The van der Waals surface area contributed by atoms with Crippen LogP contribution in [0.4, 0.5) is 0 Å². The van der Waals surface area contributed by atoms with Gasteiger partial charge in [-0.1, -0.05) is 31.0 Å². The minimum atomic E-state index is 0.623. The van der Waals surface area contributed by atoms with Gasteiger partial charge in [0.25, 0.3) is 0 Å². The van der Waals surface area contributed by atoms with Crippen LogP contribution in [0.5, 0.6) is 5.75 Å². The maximum Gasteiger partial charge on any atom is 0.122 e. The number of ether oxygens (including phenoxy) is 1.